The maximum absolute atomic E-state index is 13.5. The number of para-hydroxylation sites is 1. The minimum absolute atomic E-state index is 0.195. The minimum atomic E-state index is -0.364. The van der Waals surface area contributed by atoms with Gasteiger partial charge in [0.2, 0.25) is 0 Å². The molecule has 31 heavy (non-hydrogen) atoms. The Morgan fingerprint density at radius 2 is 1.74 bits per heavy atom. The number of nitrogens with zero attached hydrogens (tertiary/aromatic N) is 3. The SMILES string of the molecule is CN1C(=C2SC(=Nc3cccc(Cl)c3)N(c3ccc(F)cc3)C2=O)Sc2ccccc21. The van der Waals surface area contributed by atoms with E-state index in [9.17, 15) is 9.18 Å². The molecule has 4 nitrogen and oxygen atoms in total. The van der Waals surface area contributed by atoms with Crippen LogP contribution in [0.15, 0.2) is 92.6 Å². The van der Waals surface area contributed by atoms with Crippen molar-refractivity contribution in [2.75, 3.05) is 16.8 Å². The fourth-order valence-electron chi connectivity index (χ4n) is 3.35. The molecule has 0 atom stereocenters. The van der Waals surface area contributed by atoms with Gasteiger partial charge >= 0.3 is 0 Å². The van der Waals surface area contributed by atoms with Gasteiger partial charge in [-0.25, -0.2) is 9.38 Å². The molecule has 0 spiro atoms. The molecular formula is C23H15ClFN3OS2. The Hall–Kier alpha value is -2.74. The molecule has 2 heterocycles. The standard InChI is InChI=1S/C23H15ClFN3OS2/c1-27-18-7-2-3-8-19(18)30-22(27)20-21(29)28(17-11-9-15(25)10-12-17)23(31-20)26-16-6-4-5-14(24)13-16/h2-13H,1H3. The highest BCUT2D eigenvalue weighted by Crippen LogP contribution is 2.50. The van der Waals surface area contributed by atoms with Crippen molar-refractivity contribution in [1.29, 1.82) is 0 Å². The zero-order valence-electron chi connectivity index (χ0n) is 16.3. The fourth-order valence-corrected chi connectivity index (χ4v) is 5.88. The molecular weight excluding hydrogens is 453 g/mol. The molecule has 2 aliphatic rings. The van der Waals surface area contributed by atoms with Gasteiger partial charge in [0.25, 0.3) is 5.91 Å². The Morgan fingerprint density at radius 3 is 2.48 bits per heavy atom. The third kappa shape index (κ3) is 3.73. The van der Waals surface area contributed by atoms with E-state index >= 15 is 0 Å². The maximum Gasteiger partial charge on any atom is 0.274 e. The van der Waals surface area contributed by atoms with Gasteiger partial charge in [0.15, 0.2) is 5.17 Å². The number of rotatable bonds is 2. The van der Waals surface area contributed by atoms with Crippen LogP contribution in [0.2, 0.25) is 5.02 Å². The van der Waals surface area contributed by atoms with Crippen molar-refractivity contribution in [2.45, 2.75) is 4.90 Å². The number of carbonyl (C=O) groups excluding carboxylic acids is 1. The zero-order chi connectivity index (χ0) is 21.5. The highest BCUT2D eigenvalue weighted by atomic mass is 35.5. The van der Waals surface area contributed by atoms with Gasteiger partial charge in [-0.1, -0.05) is 41.6 Å². The van der Waals surface area contributed by atoms with Crippen LogP contribution in [0.25, 0.3) is 0 Å². The summed E-state index contributed by atoms with van der Waals surface area (Å²) in [7, 11) is 1.95. The lowest BCUT2D eigenvalue weighted by Crippen LogP contribution is -2.29. The van der Waals surface area contributed by atoms with Gasteiger partial charge < -0.3 is 4.90 Å². The number of benzene rings is 3. The molecule has 0 bridgehead atoms. The van der Waals surface area contributed by atoms with E-state index in [4.69, 9.17) is 11.6 Å². The summed E-state index contributed by atoms with van der Waals surface area (Å²) in [6, 6.07) is 21.0. The van der Waals surface area contributed by atoms with Gasteiger partial charge in [-0.05, 0) is 66.4 Å². The summed E-state index contributed by atoms with van der Waals surface area (Å²) in [5.41, 5.74) is 2.24. The third-order valence-corrected chi connectivity index (χ3v) is 7.46. The molecule has 0 saturated carbocycles. The lowest BCUT2D eigenvalue weighted by atomic mass is 10.2. The zero-order valence-corrected chi connectivity index (χ0v) is 18.6. The maximum atomic E-state index is 13.5. The Labute approximate surface area is 192 Å². The Balaban J connectivity index is 1.62. The first-order valence-corrected chi connectivity index (χ1v) is 11.4. The number of hydrogen-bond acceptors (Lipinski definition) is 5. The number of amides is 1. The van der Waals surface area contributed by atoms with E-state index in [1.807, 2.05) is 48.3 Å². The molecule has 0 unspecified atom stereocenters. The van der Waals surface area contributed by atoms with Gasteiger partial charge in [0.05, 0.1) is 22.1 Å². The molecule has 0 aliphatic carbocycles. The van der Waals surface area contributed by atoms with Crippen LogP contribution in [0.4, 0.5) is 21.5 Å². The summed E-state index contributed by atoms with van der Waals surface area (Å²) in [4.78, 5) is 23.4. The molecule has 3 aromatic carbocycles. The summed E-state index contributed by atoms with van der Waals surface area (Å²) < 4.78 is 13.5. The first kappa shape index (κ1) is 20.2. The van der Waals surface area contributed by atoms with E-state index in [2.05, 4.69) is 4.99 Å². The number of carbonyl (C=O) groups is 1. The predicted octanol–water partition coefficient (Wildman–Crippen LogP) is 6.66. The van der Waals surface area contributed by atoms with Crippen molar-refractivity contribution in [1.82, 2.24) is 0 Å². The van der Waals surface area contributed by atoms with Crippen LogP contribution in [0.1, 0.15) is 0 Å². The number of hydrogen-bond donors (Lipinski definition) is 0. The van der Waals surface area contributed by atoms with Crippen molar-refractivity contribution >= 4 is 63.3 Å². The van der Waals surface area contributed by atoms with Crippen molar-refractivity contribution in [3.8, 4) is 0 Å². The summed E-state index contributed by atoms with van der Waals surface area (Å²) in [6.07, 6.45) is 0. The summed E-state index contributed by atoms with van der Waals surface area (Å²) in [6.45, 7) is 0. The molecule has 8 heteroatoms. The molecule has 2 aliphatic heterocycles. The topological polar surface area (TPSA) is 35.9 Å². The quantitative estimate of drug-likeness (QED) is 0.395. The summed E-state index contributed by atoms with van der Waals surface area (Å²) >= 11 is 8.98. The monoisotopic (exact) mass is 467 g/mol. The van der Waals surface area contributed by atoms with Gasteiger partial charge in [0.1, 0.15) is 10.7 Å². The van der Waals surface area contributed by atoms with Crippen LogP contribution >= 0.6 is 35.1 Å². The molecule has 0 radical (unpaired) electrons. The third-order valence-electron chi connectivity index (χ3n) is 4.83. The van der Waals surface area contributed by atoms with Crippen LogP contribution in [0.3, 0.4) is 0 Å². The van der Waals surface area contributed by atoms with Crippen LogP contribution in [-0.4, -0.2) is 18.1 Å². The fraction of sp³-hybridized carbons (Fsp3) is 0.0435. The Kier molecular flexibility index (Phi) is 5.25. The first-order chi connectivity index (χ1) is 15.0. The van der Waals surface area contributed by atoms with Gasteiger partial charge in [-0.15, -0.1) is 0 Å². The average Bonchev–Trinajstić information content (AvgIpc) is 3.26. The molecule has 0 aromatic heterocycles. The molecule has 1 amide bonds. The van der Waals surface area contributed by atoms with E-state index < -0.39 is 0 Å². The lowest BCUT2D eigenvalue weighted by molar-refractivity contribution is -0.113. The molecule has 0 N–H and O–H groups in total. The summed E-state index contributed by atoms with van der Waals surface area (Å²) in [5.74, 6) is -0.559. The van der Waals surface area contributed by atoms with Crippen LogP contribution in [-0.2, 0) is 4.79 Å². The van der Waals surface area contributed by atoms with Crippen LogP contribution in [0.5, 0.6) is 0 Å². The normalized spacial score (nSPS) is 19.5. The molecule has 3 aromatic rings. The second-order valence-corrected chi connectivity index (χ2v) is 9.30. The Morgan fingerprint density at radius 1 is 0.968 bits per heavy atom. The smallest absolute Gasteiger partial charge is 0.274 e. The molecule has 154 valence electrons. The lowest BCUT2D eigenvalue weighted by Gasteiger charge is -2.16. The van der Waals surface area contributed by atoms with Crippen molar-refractivity contribution in [3.63, 3.8) is 0 Å². The highest BCUT2D eigenvalue weighted by molar-refractivity contribution is 8.20. The van der Waals surface area contributed by atoms with Crippen molar-refractivity contribution in [2.24, 2.45) is 4.99 Å². The average molecular weight is 468 g/mol. The minimum Gasteiger partial charge on any atom is -0.337 e. The molecule has 1 fully saturated rings. The second kappa shape index (κ2) is 8.07. The number of thioether (sulfide) groups is 2. The number of amidine groups is 1. The predicted molar refractivity (Wildman–Crippen MR) is 128 cm³/mol. The van der Waals surface area contributed by atoms with E-state index in [1.54, 1.807) is 36.0 Å². The van der Waals surface area contributed by atoms with E-state index in [-0.39, 0.29) is 11.7 Å². The van der Waals surface area contributed by atoms with E-state index in [1.165, 1.54) is 28.8 Å². The van der Waals surface area contributed by atoms with Crippen molar-refractivity contribution < 1.29 is 9.18 Å². The molecule has 1 saturated heterocycles. The summed E-state index contributed by atoms with van der Waals surface area (Å²) in [5, 5.41) is 1.90. The Bertz CT molecular complexity index is 1260. The van der Waals surface area contributed by atoms with E-state index in [0.717, 1.165) is 15.6 Å². The first-order valence-electron chi connectivity index (χ1n) is 9.38. The largest absolute Gasteiger partial charge is 0.337 e. The number of aliphatic imine (C=N–C) groups is 1. The van der Waals surface area contributed by atoms with Gasteiger partial charge in [0, 0.05) is 17.0 Å². The second-order valence-electron chi connectivity index (χ2n) is 6.86. The van der Waals surface area contributed by atoms with Gasteiger partial charge in [-0.3, -0.25) is 9.69 Å². The number of fused-ring (bicyclic) bond motifs is 1. The molecule has 5 rings (SSSR count). The van der Waals surface area contributed by atoms with Crippen molar-refractivity contribution in [3.05, 3.63) is 93.6 Å². The van der Waals surface area contributed by atoms with Gasteiger partial charge in [-0.2, -0.15) is 0 Å². The van der Waals surface area contributed by atoms with E-state index in [0.29, 0.717) is 26.5 Å². The number of halogens is 2. The van der Waals surface area contributed by atoms with Crippen LogP contribution < -0.4 is 9.80 Å². The highest BCUT2D eigenvalue weighted by Gasteiger charge is 2.40. The van der Waals surface area contributed by atoms with Crippen LogP contribution in [0, 0.1) is 5.82 Å². The number of anilines is 2.